The van der Waals surface area contributed by atoms with Gasteiger partial charge >= 0.3 is 6.03 Å². The number of halogens is 2. The highest BCUT2D eigenvalue weighted by atomic mass is 35.5. The van der Waals surface area contributed by atoms with Crippen LogP contribution >= 0.6 is 23.2 Å². The van der Waals surface area contributed by atoms with E-state index in [-0.39, 0.29) is 23.0 Å². The fraction of sp³-hybridized carbons (Fsp3) is 0.148. The predicted octanol–water partition coefficient (Wildman–Crippen LogP) is 5.86. The summed E-state index contributed by atoms with van der Waals surface area (Å²) < 4.78 is 11.3. The number of methoxy groups -OCH3 is 1. The van der Waals surface area contributed by atoms with Gasteiger partial charge in [-0.05, 0) is 55.3 Å². The molecule has 1 N–H and O–H groups in total. The van der Waals surface area contributed by atoms with Crippen molar-refractivity contribution in [2.24, 2.45) is 0 Å². The summed E-state index contributed by atoms with van der Waals surface area (Å²) in [6, 6.07) is 14.9. The van der Waals surface area contributed by atoms with Gasteiger partial charge in [0.15, 0.2) is 11.5 Å². The van der Waals surface area contributed by atoms with Gasteiger partial charge in [-0.25, -0.2) is 9.69 Å². The van der Waals surface area contributed by atoms with Crippen LogP contribution in [0.2, 0.25) is 10.0 Å². The SMILES string of the molecule is COc1cc(/C=C2\C(=O)NC(=O)N(c3ccc(C)cc3C)C2=O)cc(Cl)c1OCc1ccccc1Cl. The zero-order valence-electron chi connectivity index (χ0n) is 19.7. The number of amides is 4. The van der Waals surface area contributed by atoms with Gasteiger partial charge in [0.25, 0.3) is 11.8 Å². The third kappa shape index (κ3) is 5.08. The molecule has 3 aromatic rings. The lowest BCUT2D eigenvalue weighted by Gasteiger charge is -2.27. The average Bonchev–Trinajstić information content (AvgIpc) is 2.83. The van der Waals surface area contributed by atoms with Gasteiger partial charge in [0.2, 0.25) is 0 Å². The molecule has 1 aliphatic heterocycles. The number of aryl methyl sites for hydroxylation is 2. The summed E-state index contributed by atoms with van der Waals surface area (Å²) in [6.45, 7) is 3.85. The summed E-state index contributed by atoms with van der Waals surface area (Å²) >= 11 is 12.7. The standard InChI is InChI=1S/C27H22Cl2N2O5/c1-15-8-9-22(16(2)10-15)31-26(33)19(25(32)30-27(31)34)11-17-12-21(29)24(23(13-17)35-3)36-14-18-6-4-5-7-20(18)28/h4-13H,14H2,1-3H3,(H,30,32,34)/b19-11+. The van der Waals surface area contributed by atoms with Gasteiger partial charge in [0.05, 0.1) is 17.8 Å². The van der Waals surface area contributed by atoms with Crippen LogP contribution in [0.5, 0.6) is 11.5 Å². The molecule has 0 aliphatic carbocycles. The number of carbonyl (C=O) groups is 3. The molecule has 1 fully saturated rings. The average molecular weight is 525 g/mol. The maximum absolute atomic E-state index is 13.3. The highest BCUT2D eigenvalue weighted by molar-refractivity contribution is 6.39. The lowest BCUT2D eigenvalue weighted by atomic mass is 10.0. The Kier molecular flexibility index (Phi) is 7.33. The number of hydrogen-bond donors (Lipinski definition) is 1. The van der Waals surface area contributed by atoms with Crippen molar-refractivity contribution in [3.63, 3.8) is 0 Å². The number of nitrogens with zero attached hydrogens (tertiary/aromatic N) is 1. The molecule has 0 radical (unpaired) electrons. The predicted molar refractivity (Wildman–Crippen MR) is 139 cm³/mol. The molecule has 0 unspecified atom stereocenters. The van der Waals surface area contributed by atoms with Gasteiger partial charge in [-0.1, -0.05) is 59.1 Å². The molecule has 0 saturated carbocycles. The lowest BCUT2D eigenvalue weighted by molar-refractivity contribution is -0.122. The smallest absolute Gasteiger partial charge is 0.335 e. The van der Waals surface area contributed by atoms with Crippen molar-refractivity contribution in [1.82, 2.24) is 5.32 Å². The summed E-state index contributed by atoms with van der Waals surface area (Å²) in [5.41, 5.74) is 3.04. The van der Waals surface area contributed by atoms with E-state index in [1.807, 2.05) is 31.2 Å². The Bertz CT molecular complexity index is 1420. The molecule has 184 valence electrons. The minimum atomic E-state index is -0.812. The Balaban J connectivity index is 1.66. The first-order valence-corrected chi connectivity index (χ1v) is 11.7. The lowest BCUT2D eigenvalue weighted by Crippen LogP contribution is -2.54. The molecule has 36 heavy (non-hydrogen) atoms. The molecule has 3 aromatic carbocycles. The first-order chi connectivity index (χ1) is 17.2. The highest BCUT2D eigenvalue weighted by Gasteiger charge is 2.37. The quantitative estimate of drug-likeness (QED) is 0.322. The van der Waals surface area contributed by atoms with Crippen LogP contribution in [0.15, 0.2) is 60.2 Å². The Morgan fingerprint density at radius 2 is 1.72 bits per heavy atom. The van der Waals surface area contributed by atoms with E-state index in [1.54, 1.807) is 31.2 Å². The maximum atomic E-state index is 13.3. The number of carbonyl (C=O) groups excluding carboxylic acids is 3. The van der Waals surface area contributed by atoms with Gasteiger partial charge in [0.1, 0.15) is 12.2 Å². The number of ether oxygens (including phenoxy) is 2. The van der Waals surface area contributed by atoms with E-state index in [0.29, 0.717) is 22.0 Å². The second-order valence-corrected chi connectivity index (χ2v) is 8.98. The van der Waals surface area contributed by atoms with Gasteiger partial charge < -0.3 is 9.47 Å². The molecule has 1 aliphatic rings. The van der Waals surface area contributed by atoms with E-state index in [0.717, 1.165) is 21.6 Å². The van der Waals surface area contributed by atoms with Crippen molar-refractivity contribution in [1.29, 1.82) is 0 Å². The van der Waals surface area contributed by atoms with Crippen LogP contribution < -0.4 is 19.7 Å². The monoisotopic (exact) mass is 524 g/mol. The van der Waals surface area contributed by atoms with E-state index >= 15 is 0 Å². The molecular formula is C27H22Cl2N2O5. The molecular weight excluding hydrogens is 503 g/mol. The Labute approximate surface area is 218 Å². The van der Waals surface area contributed by atoms with E-state index in [9.17, 15) is 14.4 Å². The second kappa shape index (κ2) is 10.4. The Morgan fingerprint density at radius 3 is 2.42 bits per heavy atom. The number of rotatable bonds is 6. The molecule has 0 atom stereocenters. The maximum Gasteiger partial charge on any atom is 0.335 e. The van der Waals surface area contributed by atoms with Crippen LogP contribution in [0, 0.1) is 13.8 Å². The fourth-order valence-electron chi connectivity index (χ4n) is 3.83. The van der Waals surface area contributed by atoms with Crippen molar-refractivity contribution >= 4 is 52.8 Å². The number of barbiturate groups is 1. The molecule has 4 amide bonds. The summed E-state index contributed by atoms with van der Waals surface area (Å²) in [7, 11) is 1.45. The number of benzene rings is 3. The van der Waals surface area contributed by atoms with Gasteiger partial charge in [-0.3, -0.25) is 14.9 Å². The van der Waals surface area contributed by atoms with Crippen LogP contribution in [-0.4, -0.2) is 25.0 Å². The van der Waals surface area contributed by atoms with Crippen LogP contribution in [-0.2, 0) is 16.2 Å². The van der Waals surface area contributed by atoms with Gasteiger partial charge in [-0.15, -0.1) is 0 Å². The van der Waals surface area contributed by atoms with E-state index in [4.69, 9.17) is 32.7 Å². The second-order valence-electron chi connectivity index (χ2n) is 8.16. The molecule has 1 saturated heterocycles. The van der Waals surface area contributed by atoms with Crippen molar-refractivity contribution in [2.45, 2.75) is 20.5 Å². The normalized spacial score (nSPS) is 14.8. The Morgan fingerprint density at radius 1 is 0.972 bits per heavy atom. The highest BCUT2D eigenvalue weighted by Crippen LogP contribution is 2.38. The molecule has 0 spiro atoms. The molecule has 0 bridgehead atoms. The summed E-state index contributed by atoms with van der Waals surface area (Å²) in [5.74, 6) is -0.967. The van der Waals surface area contributed by atoms with Gasteiger partial charge in [0, 0.05) is 10.6 Å². The topological polar surface area (TPSA) is 84.9 Å². The molecule has 9 heteroatoms. The van der Waals surface area contributed by atoms with Crippen molar-refractivity contribution in [2.75, 3.05) is 12.0 Å². The van der Waals surface area contributed by atoms with Crippen molar-refractivity contribution in [3.05, 3.63) is 92.5 Å². The number of hydrogen-bond acceptors (Lipinski definition) is 5. The van der Waals surface area contributed by atoms with Crippen LogP contribution in [0.3, 0.4) is 0 Å². The molecule has 7 nitrogen and oxygen atoms in total. The molecule has 1 heterocycles. The Hall–Kier alpha value is -3.81. The minimum Gasteiger partial charge on any atom is -0.493 e. The van der Waals surface area contributed by atoms with E-state index < -0.39 is 17.8 Å². The summed E-state index contributed by atoms with van der Waals surface area (Å²) in [5, 5.41) is 2.99. The largest absolute Gasteiger partial charge is 0.493 e. The van der Waals surface area contributed by atoms with Crippen LogP contribution in [0.25, 0.3) is 6.08 Å². The number of urea groups is 1. The third-order valence-electron chi connectivity index (χ3n) is 5.59. The fourth-order valence-corrected chi connectivity index (χ4v) is 4.29. The first-order valence-electron chi connectivity index (χ1n) is 10.9. The van der Waals surface area contributed by atoms with Crippen LogP contribution in [0.4, 0.5) is 10.5 Å². The first kappa shape index (κ1) is 25.3. The van der Waals surface area contributed by atoms with Gasteiger partial charge in [-0.2, -0.15) is 0 Å². The van der Waals surface area contributed by atoms with E-state index in [1.165, 1.54) is 19.3 Å². The number of imide groups is 2. The number of anilines is 1. The van der Waals surface area contributed by atoms with E-state index in [2.05, 4.69) is 5.32 Å². The van der Waals surface area contributed by atoms with Crippen molar-refractivity contribution < 1.29 is 23.9 Å². The molecule has 0 aromatic heterocycles. The summed E-state index contributed by atoms with van der Waals surface area (Å²) in [4.78, 5) is 39.3. The van der Waals surface area contributed by atoms with Crippen LogP contribution in [0.1, 0.15) is 22.3 Å². The number of nitrogens with one attached hydrogen (secondary N) is 1. The zero-order chi connectivity index (χ0) is 26.0. The minimum absolute atomic E-state index is 0.157. The third-order valence-corrected chi connectivity index (χ3v) is 6.24. The summed E-state index contributed by atoms with van der Waals surface area (Å²) in [6.07, 6.45) is 1.35. The van der Waals surface area contributed by atoms with Crippen molar-refractivity contribution in [3.8, 4) is 11.5 Å². The zero-order valence-corrected chi connectivity index (χ0v) is 21.2. The molecule has 4 rings (SSSR count).